The molecule has 1 aliphatic heterocycles. The van der Waals surface area contributed by atoms with Crippen molar-refractivity contribution in [1.82, 2.24) is 10.2 Å². The molecule has 1 heterocycles. The van der Waals surface area contributed by atoms with Gasteiger partial charge in [-0.1, -0.05) is 0 Å². The first-order valence-electron chi connectivity index (χ1n) is 12.0. The van der Waals surface area contributed by atoms with E-state index in [2.05, 4.69) is 5.32 Å². The molecular formula is C23H40N2O10. The molecule has 1 aliphatic rings. The smallest absolute Gasteiger partial charge is 0.253 e. The van der Waals surface area contributed by atoms with Gasteiger partial charge in [0, 0.05) is 38.3 Å². The van der Waals surface area contributed by atoms with E-state index in [0.29, 0.717) is 99.0 Å². The van der Waals surface area contributed by atoms with E-state index in [4.69, 9.17) is 33.2 Å². The molecule has 0 aromatic heterocycles. The average Bonchev–Trinajstić information content (AvgIpc) is 3.17. The number of imide groups is 1. The summed E-state index contributed by atoms with van der Waals surface area (Å²) < 4.78 is 37.5. The number of carbonyl (C=O) groups is 3. The summed E-state index contributed by atoms with van der Waals surface area (Å²) in [5.74, 6) is -1.03. The summed E-state index contributed by atoms with van der Waals surface area (Å²) in [6, 6.07) is 0. The van der Waals surface area contributed by atoms with Gasteiger partial charge in [-0.25, -0.2) is 0 Å². The lowest BCUT2D eigenvalue weighted by molar-refractivity contribution is -0.137. The number of carbonyl (C=O) groups excluding carboxylic acids is 3. The second kappa shape index (κ2) is 22.5. The standard InChI is InChI=1S/C23H40N2O10/c1-2-29-9-10-31-13-14-33-17-18-35-20-19-34-16-15-32-12-11-30-8-6-24-21(26)5-7-25-22(27)3-4-23(25)28/h3-4H,2,5-20H2,1H3,(H,24,26). The van der Waals surface area contributed by atoms with Crippen molar-refractivity contribution in [3.05, 3.63) is 12.2 Å². The monoisotopic (exact) mass is 504 g/mol. The Hall–Kier alpha value is -1.93. The fourth-order valence-electron chi connectivity index (χ4n) is 2.68. The Labute approximate surface area is 207 Å². The van der Waals surface area contributed by atoms with Gasteiger partial charge in [0.15, 0.2) is 0 Å². The normalized spacial score (nSPS) is 13.2. The van der Waals surface area contributed by atoms with E-state index >= 15 is 0 Å². The van der Waals surface area contributed by atoms with Crippen molar-refractivity contribution >= 4 is 17.7 Å². The number of ether oxygens (including phenoxy) is 7. The molecule has 1 N–H and O–H groups in total. The number of nitrogens with one attached hydrogen (secondary N) is 1. The lowest BCUT2D eigenvalue weighted by Crippen LogP contribution is -2.35. The van der Waals surface area contributed by atoms with Crippen LogP contribution in [0.25, 0.3) is 0 Å². The molecule has 0 aliphatic carbocycles. The Morgan fingerprint density at radius 3 is 1.43 bits per heavy atom. The summed E-state index contributed by atoms with van der Waals surface area (Å²) in [5, 5.41) is 2.67. The molecular weight excluding hydrogens is 464 g/mol. The van der Waals surface area contributed by atoms with Crippen molar-refractivity contribution in [1.29, 1.82) is 0 Å². The number of hydrogen-bond donors (Lipinski definition) is 1. The molecule has 12 nitrogen and oxygen atoms in total. The summed E-state index contributed by atoms with van der Waals surface area (Å²) >= 11 is 0. The van der Waals surface area contributed by atoms with Gasteiger partial charge in [0.1, 0.15) is 0 Å². The van der Waals surface area contributed by atoms with Gasteiger partial charge in [0.2, 0.25) is 5.91 Å². The highest BCUT2D eigenvalue weighted by atomic mass is 16.6. The van der Waals surface area contributed by atoms with Crippen molar-refractivity contribution < 1.29 is 47.5 Å². The molecule has 0 aromatic carbocycles. The molecule has 12 heteroatoms. The van der Waals surface area contributed by atoms with Gasteiger partial charge in [-0.3, -0.25) is 19.3 Å². The predicted octanol–water partition coefficient (Wildman–Crippen LogP) is -0.446. The van der Waals surface area contributed by atoms with E-state index in [-0.39, 0.29) is 18.9 Å². The molecule has 0 saturated heterocycles. The number of rotatable bonds is 25. The average molecular weight is 505 g/mol. The van der Waals surface area contributed by atoms with Crippen molar-refractivity contribution in [2.45, 2.75) is 13.3 Å². The summed E-state index contributed by atoms with van der Waals surface area (Å²) in [5.41, 5.74) is 0. The summed E-state index contributed by atoms with van der Waals surface area (Å²) in [4.78, 5) is 35.5. The third-order valence-corrected chi connectivity index (χ3v) is 4.47. The molecule has 0 atom stereocenters. The van der Waals surface area contributed by atoms with Gasteiger partial charge in [-0.15, -0.1) is 0 Å². The Balaban J connectivity index is 1.71. The van der Waals surface area contributed by atoms with Crippen molar-refractivity contribution in [3.63, 3.8) is 0 Å². The minimum Gasteiger partial charge on any atom is -0.379 e. The number of amides is 3. The van der Waals surface area contributed by atoms with E-state index < -0.39 is 11.8 Å². The van der Waals surface area contributed by atoms with Crippen molar-refractivity contribution in [2.75, 3.05) is 106 Å². The number of hydrogen-bond acceptors (Lipinski definition) is 10. The van der Waals surface area contributed by atoms with Gasteiger partial charge in [0.05, 0.1) is 85.9 Å². The van der Waals surface area contributed by atoms with Gasteiger partial charge >= 0.3 is 0 Å². The minimum absolute atomic E-state index is 0.0618. The largest absolute Gasteiger partial charge is 0.379 e. The van der Waals surface area contributed by atoms with E-state index in [9.17, 15) is 14.4 Å². The Morgan fingerprint density at radius 1 is 0.657 bits per heavy atom. The van der Waals surface area contributed by atoms with E-state index in [1.54, 1.807) is 0 Å². The molecule has 0 unspecified atom stereocenters. The lowest BCUT2D eigenvalue weighted by Gasteiger charge is -2.13. The fraction of sp³-hybridized carbons (Fsp3) is 0.783. The molecule has 202 valence electrons. The van der Waals surface area contributed by atoms with Crippen LogP contribution in [0.5, 0.6) is 0 Å². The maximum absolute atomic E-state index is 11.7. The first-order valence-corrected chi connectivity index (χ1v) is 12.0. The van der Waals surface area contributed by atoms with Crippen LogP contribution in [0, 0.1) is 0 Å². The van der Waals surface area contributed by atoms with Gasteiger partial charge in [-0.05, 0) is 6.92 Å². The van der Waals surface area contributed by atoms with E-state index in [1.807, 2.05) is 6.92 Å². The maximum Gasteiger partial charge on any atom is 0.253 e. The second-order valence-corrected chi connectivity index (χ2v) is 7.13. The van der Waals surface area contributed by atoms with Crippen LogP contribution in [-0.4, -0.2) is 128 Å². The molecule has 35 heavy (non-hydrogen) atoms. The summed E-state index contributed by atoms with van der Waals surface area (Å²) in [6.07, 6.45) is 2.45. The predicted molar refractivity (Wildman–Crippen MR) is 125 cm³/mol. The quantitative estimate of drug-likeness (QED) is 0.129. The minimum atomic E-state index is -0.391. The molecule has 0 radical (unpaired) electrons. The molecule has 0 saturated carbocycles. The van der Waals surface area contributed by atoms with Crippen LogP contribution < -0.4 is 5.32 Å². The molecule has 3 amide bonds. The van der Waals surface area contributed by atoms with Crippen LogP contribution in [0.2, 0.25) is 0 Å². The Morgan fingerprint density at radius 2 is 1.03 bits per heavy atom. The Kier molecular flexibility index (Phi) is 20.0. The Bertz CT molecular complexity index is 585. The van der Waals surface area contributed by atoms with Crippen LogP contribution in [0.4, 0.5) is 0 Å². The summed E-state index contributed by atoms with van der Waals surface area (Å²) in [7, 11) is 0. The van der Waals surface area contributed by atoms with Crippen molar-refractivity contribution in [3.8, 4) is 0 Å². The van der Waals surface area contributed by atoms with E-state index in [0.717, 1.165) is 4.90 Å². The zero-order valence-electron chi connectivity index (χ0n) is 20.7. The highest BCUT2D eigenvalue weighted by Gasteiger charge is 2.23. The van der Waals surface area contributed by atoms with Gasteiger partial charge in [-0.2, -0.15) is 0 Å². The highest BCUT2D eigenvalue weighted by molar-refractivity contribution is 6.13. The highest BCUT2D eigenvalue weighted by Crippen LogP contribution is 2.03. The SMILES string of the molecule is CCOCCOCCOCCOCCOCCOCCOCCNC(=O)CCN1C(=O)C=CC1=O. The second-order valence-electron chi connectivity index (χ2n) is 7.13. The lowest BCUT2D eigenvalue weighted by atomic mass is 10.3. The molecule has 0 spiro atoms. The zero-order valence-corrected chi connectivity index (χ0v) is 20.7. The molecule has 1 rings (SSSR count). The first kappa shape index (κ1) is 31.1. The number of nitrogens with zero attached hydrogens (tertiary/aromatic N) is 1. The molecule has 0 bridgehead atoms. The summed E-state index contributed by atoms with van der Waals surface area (Å²) in [6.45, 7) is 9.40. The van der Waals surface area contributed by atoms with Gasteiger partial charge < -0.3 is 38.5 Å². The third kappa shape index (κ3) is 18.1. The van der Waals surface area contributed by atoms with E-state index in [1.165, 1.54) is 12.2 Å². The van der Waals surface area contributed by atoms with Crippen LogP contribution in [0.3, 0.4) is 0 Å². The van der Waals surface area contributed by atoms with Crippen molar-refractivity contribution in [2.24, 2.45) is 0 Å². The third-order valence-electron chi connectivity index (χ3n) is 4.47. The topological polar surface area (TPSA) is 131 Å². The maximum atomic E-state index is 11.7. The van der Waals surface area contributed by atoms with Crippen LogP contribution in [0.15, 0.2) is 12.2 Å². The molecule has 0 fully saturated rings. The van der Waals surface area contributed by atoms with Crippen LogP contribution in [-0.2, 0) is 47.5 Å². The van der Waals surface area contributed by atoms with Gasteiger partial charge in [0.25, 0.3) is 11.8 Å². The zero-order chi connectivity index (χ0) is 25.4. The fourth-order valence-corrected chi connectivity index (χ4v) is 2.68. The first-order chi connectivity index (χ1) is 17.1. The van der Waals surface area contributed by atoms with Crippen LogP contribution >= 0.6 is 0 Å². The van der Waals surface area contributed by atoms with Crippen LogP contribution in [0.1, 0.15) is 13.3 Å². The molecule has 0 aromatic rings.